The molecule has 1 aromatic carbocycles. The Morgan fingerprint density at radius 3 is 2.37 bits per heavy atom. The fourth-order valence-corrected chi connectivity index (χ4v) is 1.69. The van der Waals surface area contributed by atoms with Gasteiger partial charge in [0.05, 0.1) is 13.1 Å². The fraction of sp³-hybridized carbons (Fsp3) is 0.364. The highest BCUT2D eigenvalue weighted by atomic mass is 79.9. The molecule has 1 fully saturated rings. The third kappa shape index (κ3) is 3.84. The Bertz CT molecular complexity index is 457. The molecule has 0 unspecified atom stereocenters. The summed E-state index contributed by atoms with van der Waals surface area (Å²) < 4.78 is 42.1. The average Bonchev–Trinajstić information content (AvgIpc) is 2.27. The van der Waals surface area contributed by atoms with Gasteiger partial charge in [0.25, 0.3) is 0 Å². The monoisotopic (exact) mass is 339 g/mol. The molecule has 2 rings (SSSR count). The molecular weight excluding hydrogens is 331 g/mol. The van der Waals surface area contributed by atoms with E-state index < -0.39 is 12.1 Å². The number of carbonyl (C=O) groups is 1. The van der Waals surface area contributed by atoms with Crippen LogP contribution in [0.25, 0.3) is 0 Å². The highest BCUT2D eigenvalue weighted by Gasteiger charge is 2.44. The lowest BCUT2D eigenvalue weighted by molar-refractivity contribution is -0.262. The number of alkyl halides is 3. The number of rotatable bonds is 3. The number of benzene rings is 1. The zero-order valence-corrected chi connectivity index (χ0v) is 11.1. The van der Waals surface area contributed by atoms with Crippen LogP contribution in [0.1, 0.15) is 0 Å². The second-order valence-corrected chi connectivity index (χ2v) is 4.83. The summed E-state index contributed by atoms with van der Waals surface area (Å²) in [5.41, 5.74) is 0. The third-order valence-electron chi connectivity index (χ3n) is 2.37. The van der Waals surface area contributed by atoms with Gasteiger partial charge in [0.15, 0.2) is 0 Å². The molecule has 0 saturated carbocycles. The minimum atomic E-state index is -4.97. The summed E-state index contributed by atoms with van der Waals surface area (Å²) in [5.74, 6) is -1.61. The Morgan fingerprint density at radius 2 is 1.84 bits per heavy atom. The normalized spacial score (nSPS) is 16.8. The van der Waals surface area contributed by atoms with E-state index in [1.807, 2.05) is 0 Å². The minimum absolute atomic E-state index is 0.109. The Labute approximate surface area is 115 Å². The first-order valence-corrected chi connectivity index (χ1v) is 6.10. The van der Waals surface area contributed by atoms with Gasteiger partial charge in [0.2, 0.25) is 0 Å². The molecular formula is C11H9BrF3NO3. The quantitative estimate of drug-likeness (QED) is 0.848. The van der Waals surface area contributed by atoms with Gasteiger partial charge in [-0.05, 0) is 24.3 Å². The van der Waals surface area contributed by atoms with Crippen LogP contribution in [0.4, 0.5) is 13.2 Å². The van der Waals surface area contributed by atoms with Gasteiger partial charge in [-0.3, -0.25) is 0 Å². The summed E-state index contributed by atoms with van der Waals surface area (Å²) in [6.07, 6.45) is -5.26. The van der Waals surface area contributed by atoms with Crippen LogP contribution in [-0.4, -0.2) is 36.4 Å². The van der Waals surface area contributed by atoms with E-state index in [2.05, 4.69) is 20.8 Å². The van der Waals surface area contributed by atoms with Crippen LogP contribution in [-0.2, 0) is 9.63 Å². The zero-order chi connectivity index (χ0) is 14.0. The SMILES string of the molecule is O=C(ON1CC(Oc2ccc(Br)cc2)C1)C(F)(F)F. The molecule has 1 aliphatic rings. The van der Waals surface area contributed by atoms with Crippen molar-refractivity contribution >= 4 is 21.9 Å². The van der Waals surface area contributed by atoms with E-state index in [0.29, 0.717) is 5.75 Å². The molecule has 1 aromatic rings. The Kier molecular flexibility index (Phi) is 4.00. The molecule has 0 aliphatic carbocycles. The topological polar surface area (TPSA) is 38.8 Å². The van der Waals surface area contributed by atoms with Crippen LogP contribution >= 0.6 is 15.9 Å². The third-order valence-corrected chi connectivity index (χ3v) is 2.90. The van der Waals surface area contributed by atoms with E-state index >= 15 is 0 Å². The van der Waals surface area contributed by atoms with Crippen molar-refractivity contribution in [2.75, 3.05) is 13.1 Å². The number of carbonyl (C=O) groups excluding carboxylic acids is 1. The molecule has 0 N–H and O–H groups in total. The van der Waals surface area contributed by atoms with Crippen LogP contribution in [0.15, 0.2) is 28.7 Å². The molecule has 19 heavy (non-hydrogen) atoms. The van der Waals surface area contributed by atoms with Gasteiger partial charge in [0, 0.05) is 4.47 Å². The molecule has 1 saturated heterocycles. The summed E-state index contributed by atoms with van der Waals surface area (Å²) in [6.45, 7) is 0.218. The number of hydrogen-bond donors (Lipinski definition) is 0. The maximum Gasteiger partial charge on any atom is 0.492 e. The van der Waals surface area contributed by atoms with E-state index in [1.165, 1.54) is 0 Å². The van der Waals surface area contributed by atoms with E-state index in [-0.39, 0.29) is 19.2 Å². The second-order valence-electron chi connectivity index (χ2n) is 3.92. The maximum absolute atomic E-state index is 11.9. The first-order valence-electron chi connectivity index (χ1n) is 5.31. The maximum atomic E-state index is 11.9. The van der Waals surface area contributed by atoms with Crippen molar-refractivity contribution in [1.29, 1.82) is 0 Å². The molecule has 0 radical (unpaired) electrons. The van der Waals surface area contributed by atoms with Gasteiger partial charge in [0.1, 0.15) is 11.9 Å². The van der Waals surface area contributed by atoms with Crippen molar-refractivity contribution in [1.82, 2.24) is 5.06 Å². The van der Waals surface area contributed by atoms with Crippen LogP contribution in [0.3, 0.4) is 0 Å². The van der Waals surface area contributed by atoms with Gasteiger partial charge >= 0.3 is 12.1 Å². The molecule has 104 valence electrons. The van der Waals surface area contributed by atoms with Gasteiger partial charge in [-0.25, -0.2) is 4.79 Å². The number of hydroxylamine groups is 2. The summed E-state index contributed by atoms with van der Waals surface area (Å²) >= 11 is 3.27. The molecule has 0 amide bonds. The molecule has 0 bridgehead atoms. The van der Waals surface area contributed by atoms with Crippen LogP contribution in [0, 0.1) is 0 Å². The molecule has 0 aromatic heterocycles. The van der Waals surface area contributed by atoms with Crippen LogP contribution in [0.2, 0.25) is 0 Å². The van der Waals surface area contributed by atoms with Crippen molar-refractivity contribution in [3.05, 3.63) is 28.7 Å². The molecule has 1 aliphatic heterocycles. The first kappa shape index (κ1) is 14.1. The summed E-state index contributed by atoms with van der Waals surface area (Å²) in [7, 11) is 0. The van der Waals surface area contributed by atoms with E-state index in [0.717, 1.165) is 9.54 Å². The minimum Gasteiger partial charge on any atom is -0.487 e. The molecule has 4 nitrogen and oxygen atoms in total. The fourth-order valence-electron chi connectivity index (χ4n) is 1.42. The highest BCUT2D eigenvalue weighted by molar-refractivity contribution is 9.10. The van der Waals surface area contributed by atoms with E-state index in [1.54, 1.807) is 24.3 Å². The predicted octanol–water partition coefficient (Wildman–Crippen LogP) is 2.53. The Morgan fingerprint density at radius 1 is 1.26 bits per heavy atom. The summed E-state index contributed by atoms with van der Waals surface area (Å²) in [6, 6.07) is 7.04. The lowest BCUT2D eigenvalue weighted by Gasteiger charge is -2.36. The van der Waals surface area contributed by atoms with Gasteiger partial charge < -0.3 is 9.57 Å². The highest BCUT2D eigenvalue weighted by Crippen LogP contribution is 2.23. The Balaban J connectivity index is 1.75. The standard InChI is InChI=1S/C11H9BrF3NO3/c12-7-1-3-8(4-2-7)18-9-5-16(6-9)19-10(17)11(13,14)15/h1-4,9H,5-6H2. The van der Waals surface area contributed by atoms with Gasteiger partial charge in [-0.1, -0.05) is 15.9 Å². The smallest absolute Gasteiger partial charge is 0.487 e. The number of hydrogen-bond acceptors (Lipinski definition) is 4. The average molecular weight is 340 g/mol. The summed E-state index contributed by atoms with van der Waals surface area (Å²) in [4.78, 5) is 14.7. The van der Waals surface area contributed by atoms with Crippen LogP contribution < -0.4 is 4.74 Å². The predicted molar refractivity (Wildman–Crippen MR) is 62.3 cm³/mol. The largest absolute Gasteiger partial charge is 0.492 e. The van der Waals surface area contributed by atoms with Crippen LogP contribution in [0.5, 0.6) is 5.75 Å². The Hall–Kier alpha value is -1.28. The number of halogens is 4. The number of nitrogens with zero attached hydrogens (tertiary/aromatic N) is 1. The molecule has 0 atom stereocenters. The van der Waals surface area contributed by atoms with E-state index in [4.69, 9.17) is 4.74 Å². The van der Waals surface area contributed by atoms with Gasteiger partial charge in [-0.15, -0.1) is 5.06 Å². The lowest BCUT2D eigenvalue weighted by Crippen LogP contribution is -2.55. The van der Waals surface area contributed by atoms with Crippen molar-refractivity contribution in [3.63, 3.8) is 0 Å². The zero-order valence-electron chi connectivity index (χ0n) is 9.48. The lowest BCUT2D eigenvalue weighted by atomic mass is 10.2. The van der Waals surface area contributed by atoms with Crippen molar-refractivity contribution in [3.8, 4) is 5.75 Å². The molecule has 8 heteroatoms. The van der Waals surface area contributed by atoms with E-state index in [9.17, 15) is 18.0 Å². The van der Waals surface area contributed by atoms with Gasteiger partial charge in [-0.2, -0.15) is 13.2 Å². The first-order chi connectivity index (χ1) is 8.84. The summed E-state index contributed by atoms with van der Waals surface area (Å²) in [5, 5.41) is 0.916. The van der Waals surface area contributed by atoms with Crippen molar-refractivity contribution in [2.45, 2.75) is 12.3 Å². The molecule has 0 spiro atoms. The number of ether oxygens (including phenoxy) is 1. The van der Waals surface area contributed by atoms with Crippen molar-refractivity contribution in [2.24, 2.45) is 0 Å². The van der Waals surface area contributed by atoms with Crippen molar-refractivity contribution < 1.29 is 27.5 Å². The molecule has 1 heterocycles. The second kappa shape index (κ2) is 5.38.